The van der Waals surface area contributed by atoms with E-state index in [1.54, 1.807) is 0 Å². The molecule has 0 saturated heterocycles. The Morgan fingerprint density at radius 3 is 2.65 bits per heavy atom. The Labute approximate surface area is 102 Å². The molecule has 2 aromatic rings. The molecule has 0 fully saturated rings. The highest BCUT2D eigenvalue weighted by molar-refractivity contribution is 5.48. The minimum absolute atomic E-state index is 0.575. The van der Waals surface area contributed by atoms with Crippen molar-refractivity contribution < 1.29 is 4.74 Å². The molecule has 17 heavy (non-hydrogen) atoms. The fourth-order valence-corrected chi connectivity index (χ4v) is 1.74. The van der Waals surface area contributed by atoms with E-state index >= 15 is 0 Å². The van der Waals surface area contributed by atoms with Gasteiger partial charge in [0.2, 0.25) is 0 Å². The van der Waals surface area contributed by atoms with Crippen molar-refractivity contribution in [2.75, 3.05) is 5.73 Å². The average molecular weight is 227 g/mol. The normalized spacial score (nSPS) is 10.2. The highest BCUT2D eigenvalue weighted by Crippen LogP contribution is 2.21. The third-order valence-electron chi connectivity index (χ3n) is 2.69. The number of nitrogens with two attached hydrogens (primary N) is 1. The molecule has 0 atom stereocenters. The maximum Gasteiger partial charge on any atom is 0.124 e. The van der Waals surface area contributed by atoms with Crippen LogP contribution in [-0.2, 0) is 6.61 Å². The van der Waals surface area contributed by atoms with Crippen LogP contribution in [0.25, 0.3) is 0 Å². The van der Waals surface area contributed by atoms with Gasteiger partial charge in [0.1, 0.15) is 12.4 Å². The Kier molecular flexibility index (Phi) is 3.33. The van der Waals surface area contributed by atoms with E-state index < -0.39 is 0 Å². The molecule has 0 saturated carbocycles. The van der Waals surface area contributed by atoms with Gasteiger partial charge < -0.3 is 10.5 Å². The molecule has 2 nitrogen and oxygen atoms in total. The Bertz CT molecular complexity index is 520. The van der Waals surface area contributed by atoms with Crippen LogP contribution in [0.4, 0.5) is 5.69 Å². The van der Waals surface area contributed by atoms with Crippen LogP contribution in [0.3, 0.4) is 0 Å². The van der Waals surface area contributed by atoms with Gasteiger partial charge in [0.05, 0.1) is 0 Å². The van der Waals surface area contributed by atoms with Crippen LogP contribution in [0.1, 0.15) is 16.7 Å². The zero-order chi connectivity index (χ0) is 12.3. The van der Waals surface area contributed by atoms with Gasteiger partial charge in [-0.1, -0.05) is 35.9 Å². The van der Waals surface area contributed by atoms with Crippen molar-refractivity contribution in [3.05, 3.63) is 59.2 Å². The molecule has 2 N–H and O–H groups in total. The molecule has 0 aliphatic rings. The summed E-state index contributed by atoms with van der Waals surface area (Å²) in [7, 11) is 0. The Balaban J connectivity index is 2.09. The summed E-state index contributed by atoms with van der Waals surface area (Å²) in [5, 5.41) is 0. The molecule has 88 valence electrons. The number of benzene rings is 2. The lowest BCUT2D eigenvalue weighted by atomic mass is 10.1. The van der Waals surface area contributed by atoms with Crippen LogP contribution >= 0.6 is 0 Å². The Hall–Kier alpha value is -1.96. The largest absolute Gasteiger partial charge is 0.489 e. The minimum atomic E-state index is 0.575. The second kappa shape index (κ2) is 4.91. The summed E-state index contributed by atoms with van der Waals surface area (Å²) in [5.41, 5.74) is 9.99. The predicted molar refractivity (Wildman–Crippen MR) is 71.1 cm³/mol. The van der Waals surface area contributed by atoms with Crippen LogP contribution < -0.4 is 10.5 Å². The first-order valence-corrected chi connectivity index (χ1v) is 5.69. The van der Waals surface area contributed by atoms with Gasteiger partial charge in [0.25, 0.3) is 0 Å². The summed E-state index contributed by atoms with van der Waals surface area (Å²) >= 11 is 0. The number of anilines is 1. The highest BCUT2D eigenvalue weighted by atomic mass is 16.5. The third-order valence-corrected chi connectivity index (χ3v) is 2.69. The fourth-order valence-electron chi connectivity index (χ4n) is 1.74. The molecule has 0 aromatic heterocycles. The monoisotopic (exact) mass is 227 g/mol. The van der Waals surface area contributed by atoms with E-state index in [0.717, 1.165) is 17.0 Å². The second-order valence-electron chi connectivity index (χ2n) is 4.30. The number of rotatable bonds is 3. The van der Waals surface area contributed by atoms with E-state index in [-0.39, 0.29) is 0 Å². The highest BCUT2D eigenvalue weighted by Gasteiger charge is 2.01. The van der Waals surface area contributed by atoms with Crippen molar-refractivity contribution in [3.8, 4) is 5.75 Å². The number of aryl methyl sites for hydroxylation is 2. The van der Waals surface area contributed by atoms with Crippen molar-refractivity contribution >= 4 is 5.69 Å². The van der Waals surface area contributed by atoms with Gasteiger partial charge >= 0.3 is 0 Å². The lowest BCUT2D eigenvalue weighted by Gasteiger charge is -2.10. The van der Waals surface area contributed by atoms with Crippen LogP contribution in [0.5, 0.6) is 5.75 Å². The summed E-state index contributed by atoms with van der Waals surface area (Å²) < 4.78 is 5.78. The van der Waals surface area contributed by atoms with Gasteiger partial charge in [-0.25, -0.2) is 0 Å². The first-order valence-electron chi connectivity index (χ1n) is 5.69. The molecule has 0 aliphatic heterocycles. The maximum absolute atomic E-state index is 5.78. The average Bonchev–Trinajstić information content (AvgIpc) is 2.30. The molecule has 0 heterocycles. The lowest BCUT2D eigenvalue weighted by Crippen LogP contribution is -1.98. The maximum atomic E-state index is 5.78. The van der Waals surface area contributed by atoms with Crippen molar-refractivity contribution in [2.24, 2.45) is 0 Å². The van der Waals surface area contributed by atoms with E-state index in [4.69, 9.17) is 10.5 Å². The Morgan fingerprint density at radius 1 is 1.06 bits per heavy atom. The molecular weight excluding hydrogens is 210 g/mol. The topological polar surface area (TPSA) is 35.2 Å². The molecule has 2 heteroatoms. The summed E-state index contributed by atoms with van der Waals surface area (Å²) in [5.74, 6) is 0.853. The van der Waals surface area contributed by atoms with E-state index in [1.165, 1.54) is 11.1 Å². The molecular formula is C15H17NO. The van der Waals surface area contributed by atoms with Crippen LogP contribution in [0.2, 0.25) is 0 Å². The van der Waals surface area contributed by atoms with E-state index in [1.807, 2.05) is 31.2 Å². The standard InChI is InChI=1S/C15H17NO/c1-11-4-3-5-13(8-11)10-17-15-9-14(16)7-6-12(15)2/h3-9H,10,16H2,1-2H3. The smallest absolute Gasteiger partial charge is 0.124 e. The zero-order valence-electron chi connectivity index (χ0n) is 10.2. The Morgan fingerprint density at radius 2 is 1.88 bits per heavy atom. The van der Waals surface area contributed by atoms with Crippen molar-refractivity contribution in [1.82, 2.24) is 0 Å². The number of ether oxygens (including phenoxy) is 1. The molecule has 0 aliphatic carbocycles. The number of nitrogen functional groups attached to an aromatic ring is 1. The predicted octanol–water partition coefficient (Wildman–Crippen LogP) is 3.46. The van der Waals surface area contributed by atoms with Crippen molar-refractivity contribution in [1.29, 1.82) is 0 Å². The summed E-state index contributed by atoms with van der Waals surface area (Å²) in [6.07, 6.45) is 0. The quantitative estimate of drug-likeness (QED) is 0.815. The summed E-state index contributed by atoms with van der Waals surface area (Å²) in [4.78, 5) is 0. The van der Waals surface area contributed by atoms with Gasteiger partial charge in [0.15, 0.2) is 0 Å². The number of hydrogen-bond donors (Lipinski definition) is 1. The van der Waals surface area contributed by atoms with Crippen molar-refractivity contribution in [3.63, 3.8) is 0 Å². The van der Waals surface area contributed by atoms with Gasteiger partial charge in [-0.3, -0.25) is 0 Å². The second-order valence-corrected chi connectivity index (χ2v) is 4.30. The minimum Gasteiger partial charge on any atom is -0.489 e. The molecule has 0 bridgehead atoms. The summed E-state index contributed by atoms with van der Waals surface area (Å²) in [6.45, 7) is 4.67. The lowest BCUT2D eigenvalue weighted by molar-refractivity contribution is 0.304. The van der Waals surface area contributed by atoms with E-state index in [9.17, 15) is 0 Å². The molecule has 0 amide bonds. The van der Waals surface area contributed by atoms with E-state index in [0.29, 0.717) is 6.61 Å². The molecule has 0 unspecified atom stereocenters. The van der Waals surface area contributed by atoms with Gasteiger partial charge in [0, 0.05) is 11.8 Å². The molecule has 0 spiro atoms. The SMILES string of the molecule is Cc1cccc(COc2cc(N)ccc2C)c1. The van der Waals surface area contributed by atoms with Gasteiger partial charge in [-0.15, -0.1) is 0 Å². The number of hydrogen-bond acceptors (Lipinski definition) is 2. The van der Waals surface area contributed by atoms with Gasteiger partial charge in [-0.05, 0) is 31.0 Å². The van der Waals surface area contributed by atoms with Crippen LogP contribution in [-0.4, -0.2) is 0 Å². The molecule has 2 rings (SSSR count). The van der Waals surface area contributed by atoms with Gasteiger partial charge in [-0.2, -0.15) is 0 Å². The molecule has 2 aromatic carbocycles. The van der Waals surface area contributed by atoms with E-state index in [2.05, 4.69) is 25.1 Å². The van der Waals surface area contributed by atoms with Crippen LogP contribution in [0, 0.1) is 13.8 Å². The van der Waals surface area contributed by atoms with Crippen LogP contribution in [0.15, 0.2) is 42.5 Å². The molecule has 0 radical (unpaired) electrons. The zero-order valence-corrected chi connectivity index (χ0v) is 10.2. The third kappa shape index (κ3) is 3.00. The first-order chi connectivity index (χ1) is 8.15. The fraction of sp³-hybridized carbons (Fsp3) is 0.200. The van der Waals surface area contributed by atoms with Crippen molar-refractivity contribution in [2.45, 2.75) is 20.5 Å². The summed E-state index contributed by atoms with van der Waals surface area (Å²) in [6, 6.07) is 14.0. The first kappa shape index (κ1) is 11.5.